The van der Waals surface area contributed by atoms with Crippen molar-refractivity contribution in [1.82, 2.24) is 4.90 Å². The number of aldehydes is 1. The number of rotatable bonds is 2. The van der Waals surface area contributed by atoms with Crippen LogP contribution in [0.15, 0.2) is 11.8 Å². The summed E-state index contributed by atoms with van der Waals surface area (Å²) in [6, 6.07) is -1.13. The van der Waals surface area contributed by atoms with Crippen LogP contribution >= 0.6 is 0 Å². The molecule has 0 spiro atoms. The highest BCUT2D eigenvalue weighted by molar-refractivity contribution is 5.91. The molecular weight excluding hydrogens is 190 g/mol. The summed E-state index contributed by atoms with van der Waals surface area (Å²) >= 11 is 0. The van der Waals surface area contributed by atoms with Gasteiger partial charge < -0.3 is 9.84 Å². The minimum atomic E-state index is -1.19. The summed E-state index contributed by atoms with van der Waals surface area (Å²) in [4.78, 5) is 33.1. The summed E-state index contributed by atoms with van der Waals surface area (Å²) < 4.78 is 5.10. The maximum absolute atomic E-state index is 11.0. The summed E-state index contributed by atoms with van der Waals surface area (Å²) in [7, 11) is 0. The first-order valence-corrected chi connectivity index (χ1v) is 4.01. The number of carbonyl (C=O) groups is 3. The van der Waals surface area contributed by atoms with Gasteiger partial charge in [0.1, 0.15) is 12.0 Å². The van der Waals surface area contributed by atoms with E-state index in [2.05, 4.69) is 0 Å². The van der Waals surface area contributed by atoms with Gasteiger partial charge in [0.15, 0.2) is 12.3 Å². The van der Waals surface area contributed by atoms with E-state index in [1.807, 2.05) is 0 Å². The number of aliphatic carboxylic acids is 1. The molecule has 0 unspecified atom stereocenters. The van der Waals surface area contributed by atoms with E-state index in [4.69, 9.17) is 9.84 Å². The van der Waals surface area contributed by atoms with Crippen LogP contribution in [-0.4, -0.2) is 40.4 Å². The number of carboxylic acids is 1. The van der Waals surface area contributed by atoms with Crippen molar-refractivity contribution in [2.75, 3.05) is 0 Å². The second kappa shape index (κ2) is 2.83. The third-order valence-corrected chi connectivity index (χ3v) is 2.23. The molecule has 1 amide bonds. The summed E-state index contributed by atoms with van der Waals surface area (Å²) in [6.07, 6.45) is 1.15. The van der Waals surface area contributed by atoms with Crippen LogP contribution in [0, 0.1) is 0 Å². The van der Waals surface area contributed by atoms with E-state index in [0.29, 0.717) is 6.29 Å². The molecule has 0 radical (unpaired) electrons. The Hall–Kier alpha value is -1.85. The second-order valence-corrected chi connectivity index (χ2v) is 3.02. The molecule has 14 heavy (non-hydrogen) atoms. The van der Waals surface area contributed by atoms with Gasteiger partial charge in [-0.3, -0.25) is 14.5 Å². The van der Waals surface area contributed by atoms with Crippen LogP contribution in [0.3, 0.4) is 0 Å². The Bertz CT molecular complexity index is 348. The van der Waals surface area contributed by atoms with Crippen molar-refractivity contribution in [3.05, 3.63) is 11.8 Å². The van der Waals surface area contributed by atoms with Gasteiger partial charge in [0.25, 0.3) is 0 Å². The fourth-order valence-electron chi connectivity index (χ4n) is 1.61. The van der Waals surface area contributed by atoms with E-state index in [9.17, 15) is 14.4 Å². The van der Waals surface area contributed by atoms with Gasteiger partial charge in [-0.15, -0.1) is 0 Å². The SMILES string of the molecule is O=C/C=C1/O[C@@H]2CC(=O)N2[C@H]1C(=O)O. The first-order valence-electron chi connectivity index (χ1n) is 4.01. The number of carboxylic acid groups (broad SMARTS) is 1. The smallest absolute Gasteiger partial charge is 0.334 e. The molecule has 0 bridgehead atoms. The second-order valence-electron chi connectivity index (χ2n) is 3.02. The topological polar surface area (TPSA) is 83.9 Å². The van der Waals surface area contributed by atoms with Gasteiger partial charge in [-0.1, -0.05) is 0 Å². The van der Waals surface area contributed by atoms with Gasteiger partial charge in [-0.05, 0) is 0 Å². The van der Waals surface area contributed by atoms with Gasteiger partial charge in [-0.2, -0.15) is 0 Å². The number of ether oxygens (including phenoxy) is 1. The average Bonchev–Trinajstić information content (AvgIpc) is 2.39. The fourth-order valence-corrected chi connectivity index (χ4v) is 1.61. The normalized spacial score (nSPS) is 32.1. The Balaban J connectivity index is 2.30. The summed E-state index contributed by atoms with van der Waals surface area (Å²) in [5, 5.41) is 8.82. The number of amides is 1. The molecule has 0 saturated carbocycles. The van der Waals surface area contributed by atoms with Crippen LogP contribution in [0.25, 0.3) is 0 Å². The van der Waals surface area contributed by atoms with E-state index < -0.39 is 18.2 Å². The van der Waals surface area contributed by atoms with Crippen molar-refractivity contribution in [1.29, 1.82) is 0 Å². The molecule has 0 aromatic carbocycles. The molecule has 2 aliphatic heterocycles. The quantitative estimate of drug-likeness (QED) is 0.352. The fraction of sp³-hybridized carbons (Fsp3) is 0.375. The molecule has 2 fully saturated rings. The van der Waals surface area contributed by atoms with Crippen LogP contribution in [-0.2, 0) is 19.1 Å². The lowest BCUT2D eigenvalue weighted by molar-refractivity contribution is -0.163. The van der Waals surface area contributed by atoms with Crippen LogP contribution in [0.1, 0.15) is 6.42 Å². The van der Waals surface area contributed by atoms with Gasteiger partial charge >= 0.3 is 5.97 Å². The van der Waals surface area contributed by atoms with Crippen molar-refractivity contribution in [3.63, 3.8) is 0 Å². The maximum Gasteiger partial charge on any atom is 0.334 e. The number of hydrogen-bond donors (Lipinski definition) is 1. The molecule has 74 valence electrons. The number of fused-ring (bicyclic) bond motifs is 1. The number of nitrogens with zero attached hydrogens (tertiary/aromatic N) is 1. The highest BCUT2D eigenvalue weighted by atomic mass is 16.5. The number of β-lactam (4-membered cyclic amide) rings is 1. The summed E-state index contributed by atoms with van der Waals surface area (Å²) in [5.74, 6) is -1.42. The van der Waals surface area contributed by atoms with Gasteiger partial charge in [0, 0.05) is 6.08 Å². The Morgan fingerprint density at radius 1 is 1.64 bits per heavy atom. The predicted octanol–water partition coefficient (Wildman–Crippen LogP) is -0.889. The van der Waals surface area contributed by atoms with Crippen molar-refractivity contribution in [2.45, 2.75) is 18.7 Å². The molecule has 2 heterocycles. The lowest BCUT2D eigenvalue weighted by Gasteiger charge is -2.33. The van der Waals surface area contributed by atoms with Crippen LogP contribution < -0.4 is 0 Å². The number of allylic oxidation sites excluding steroid dienone is 1. The van der Waals surface area contributed by atoms with Crippen molar-refractivity contribution < 1.29 is 24.2 Å². The first-order chi connectivity index (χ1) is 6.65. The van der Waals surface area contributed by atoms with Crippen molar-refractivity contribution >= 4 is 18.2 Å². The molecule has 0 aromatic rings. The number of hydrogen-bond acceptors (Lipinski definition) is 4. The van der Waals surface area contributed by atoms with Crippen molar-refractivity contribution in [2.24, 2.45) is 0 Å². The van der Waals surface area contributed by atoms with Gasteiger partial charge in [0.2, 0.25) is 5.91 Å². The molecule has 0 aliphatic carbocycles. The minimum Gasteiger partial charge on any atom is -0.479 e. The highest BCUT2D eigenvalue weighted by Crippen LogP contribution is 2.35. The Morgan fingerprint density at radius 2 is 2.36 bits per heavy atom. The molecule has 2 aliphatic rings. The highest BCUT2D eigenvalue weighted by Gasteiger charge is 2.53. The molecule has 2 rings (SSSR count). The predicted molar refractivity (Wildman–Crippen MR) is 41.9 cm³/mol. The lowest BCUT2D eigenvalue weighted by atomic mass is 10.1. The molecule has 6 heteroatoms. The zero-order chi connectivity index (χ0) is 10.3. The van der Waals surface area contributed by atoms with E-state index in [0.717, 1.165) is 11.0 Å². The summed E-state index contributed by atoms with van der Waals surface area (Å²) in [5.41, 5.74) is 0. The molecule has 1 N–H and O–H groups in total. The monoisotopic (exact) mass is 197 g/mol. The molecule has 6 nitrogen and oxygen atoms in total. The van der Waals surface area contributed by atoms with E-state index in [1.54, 1.807) is 0 Å². The van der Waals surface area contributed by atoms with Crippen LogP contribution in [0.5, 0.6) is 0 Å². The lowest BCUT2D eigenvalue weighted by Crippen LogP contribution is -2.54. The molecule has 2 atom stereocenters. The largest absolute Gasteiger partial charge is 0.479 e. The first kappa shape index (κ1) is 8.74. The standard InChI is InChI=1S/C8H7NO5/c10-2-1-4-7(8(12)13)9-5(11)3-6(9)14-4/h1-2,6-7H,3H2,(H,12,13)/b4-1+/t6-,7-/m1/s1. The molecule has 0 aromatic heterocycles. The average molecular weight is 197 g/mol. The third kappa shape index (κ3) is 1.00. The Kier molecular flexibility index (Phi) is 1.77. The van der Waals surface area contributed by atoms with E-state index >= 15 is 0 Å². The van der Waals surface area contributed by atoms with Crippen LogP contribution in [0.4, 0.5) is 0 Å². The zero-order valence-electron chi connectivity index (χ0n) is 7.04. The van der Waals surface area contributed by atoms with Gasteiger partial charge in [0.05, 0.1) is 6.42 Å². The van der Waals surface area contributed by atoms with Crippen LogP contribution in [0.2, 0.25) is 0 Å². The zero-order valence-corrected chi connectivity index (χ0v) is 7.04. The van der Waals surface area contributed by atoms with Gasteiger partial charge in [-0.25, -0.2) is 4.79 Å². The third-order valence-electron chi connectivity index (χ3n) is 2.23. The Morgan fingerprint density at radius 3 is 2.86 bits per heavy atom. The maximum atomic E-state index is 11.0. The van der Waals surface area contributed by atoms with Crippen molar-refractivity contribution in [3.8, 4) is 0 Å². The molecule has 2 saturated heterocycles. The summed E-state index contributed by atoms with van der Waals surface area (Å²) in [6.45, 7) is 0. The Labute approximate surface area is 78.7 Å². The molecular formula is C8H7NO5. The van der Waals surface area contributed by atoms with E-state index in [-0.39, 0.29) is 18.1 Å². The van der Waals surface area contributed by atoms with E-state index in [1.165, 1.54) is 0 Å². The minimum absolute atomic E-state index is 0.0309. The number of carbonyl (C=O) groups excluding carboxylic acids is 2.